The summed E-state index contributed by atoms with van der Waals surface area (Å²) in [5, 5.41) is 9.40. The molecule has 1 aromatic carbocycles. The van der Waals surface area contributed by atoms with Gasteiger partial charge in [0.15, 0.2) is 11.6 Å². The predicted molar refractivity (Wildman–Crippen MR) is 112 cm³/mol. The first kappa shape index (κ1) is 22.3. The number of carboxylic acids is 1. The van der Waals surface area contributed by atoms with Crippen molar-refractivity contribution in [1.29, 1.82) is 0 Å². The Labute approximate surface area is 179 Å². The van der Waals surface area contributed by atoms with Crippen LogP contribution in [0.5, 0.6) is 5.75 Å². The predicted octanol–water partition coefficient (Wildman–Crippen LogP) is 3.69. The minimum Gasteiger partial charge on any atom is -0.494 e. The van der Waals surface area contributed by atoms with Crippen LogP contribution in [0.25, 0.3) is 6.08 Å². The van der Waals surface area contributed by atoms with Crippen molar-refractivity contribution in [2.24, 2.45) is 0 Å². The SMILES string of the molecule is COc1ccc([C@H](CC(=O)O)N2CCn3cc(/C=C/CCC(C)=O)cc3C2=O)cc1F. The number of allylic oxidation sites excluding steroid dienone is 1. The van der Waals surface area contributed by atoms with Gasteiger partial charge in [-0.2, -0.15) is 0 Å². The molecule has 0 aliphatic carbocycles. The number of aromatic nitrogens is 1. The topological polar surface area (TPSA) is 88.8 Å². The first-order chi connectivity index (χ1) is 14.8. The highest BCUT2D eigenvalue weighted by Crippen LogP contribution is 2.31. The maximum atomic E-state index is 14.2. The van der Waals surface area contributed by atoms with Crippen LogP contribution in [0.3, 0.4) is 0 Å². The molecule has 0 bridgehead atoms. The summed E-state index contributed by atoms with van der Waals surface area (Å²) in [4.78, 5) is 37.2. The van der Waals surface area contributed by atoms with Gasteiger partial charge in [0.05, 0.1) is 19.6 Å². The number of Topliss-reactive ketones (excluding diaryl/α,β-unsaturated/α-hetero) is 1. The lowest BCUT2D eigenvalue weighted by Crippen LogP contribution is -2.43. The van der Waals surface area contributed by atoms with Crippen molar-refractivity contribution in [3.8, 4) is 5.75 Å². The zero-order valence-corrected chi connectivity index (χ0v) is 17.5. The van der Waals surface area contributed by atoms with Gasteiger partial charge in [-0.3, -0.25) is 9.59 Å². The normalized spacial score (nSPS) is 14.5. The number of carbonyl (C=O) groups is 3. The van der Waals surface area contributed by atoms with Crippen molar-refractivity contribution in [3.05, 3.63) is 59.2 Å². The molecule has 0 saturated carbocycles. The molecule has 3 rings (SSSR count). The number of benzene rings is 1. The number of carboxylic acid groups (broad SMARTS) is 1. The highest BCUT2D eigenvalue weighted by atomic mass is 19.1. The lowest BCUT2D eigenvalue weighted by atomic mass is 10.00. The maximum absolute atomic E-state index is 14.2. The molecule has 1 aromatic heterocycles. The summed E-state index contributed by atoms with van der Waals surface area (Å²) in [6.45, 7) is 2.34. The van der Waals surface area contributed by atoms with Gasteiger partial charge in [-0.05, 0) is 42.7 Å². The number of halogens is 1. The van der Waals surface area contributed by atoms with Gasteiger partial charge >= 0.3 is 5.97 Å². The number of carbonyl (C=O) groups excluding carboxylic acids is 2. The molecule has 2 heterocycles. The zero-order chi connectivity index (χ0) is 22.5. The molecule has 1 aliphatic heterocycles. The molecule has 1 aliphatic rings. The molecule has 0 unspecified atom stereocenters. The first-order valence-electron chi connectivity index (χ1n) is 10.0. The highest BCUT2D eigenvalue weighted by Gasteiger charge is 2.33. The van der Waals surface area contributed by atoms with Gasteiger partial charge in [-0.15, -0.1) is 0 Å². The second-order valence-corrected chi connectivity index (χ2v) is 7.50. The minimum atomic E-state index is -1.08. The van der Waals surface area contributed by atoms with Crippen molar-refractivity contribution < 1.29 is 28.6 Å². The van der Waals surface area contributed by atoms with E-state index < -0.39 is 17.8 Å². The number of aliphatic carboxylic acids is 1. The molecule has 0 saturated heterocycles. The van der Waals surface area contributed by atoms with Crippen molar-refractivity contribution in [3.63, 3.8) is 0 Å². The van der Waals surface area contributed by atoms with Crippen LogP contribution in [0.1, 0.15) is 53.8 Å². The Balaban J connectivity index is 1.85. The summed E-state index contributed by atoms with van der Waals surface area (Å²) in [5.74, 6) is -1.83. The van der Waals surface area contributed by atoms with Crippen LogP contribution in [0.4, 0.5) is 4.39 Å². The van der Waals surface area contributed by atoms with Gasteiger partial charge in [0.2, 0.25) is 0 Å². The molecule has 7 nitrogen and oxygen atoms in total. The Bertz CT molecular complexity index is 1030. The standard InChI is InChI=1S/C23H25FN2O5/c1-15(27)5-3-4-6-16-11-20-23(30)26(10-9-25(20)14-16)19(13-22(28)29)17-7-8-21(31-2)18(24)12-17/h4,6-8,11-12,14,19H,3,5,9-10,13H2,1-2H3,(H,28,29)/b6-4+/t19-/m0/s1. The van der Waals surface area contributed by atoms with Gasteiger partial charge in [0.25, 0.3) is 5.91 Å². The number of nitrogens with zero attached hydrogens (tertiary/aromatic N) is 2. The third-order valence-corrected chi connectivity index (χ3v) is 5.26. The summed E-state index contributed by atoms with van der Waals surface area (Å²) >= 11 is 0. The Morgan fingerprint density at radius 2 is 2.06 bits per heavy atom. The second-order valence-electron chi connectivity index (χ2n) is 7.50. The third-order valence-electron chi connectivity index (χ3n) is 5.26. The van der Waals surface area contributed by atoms with Crippen LogP contribution in [0.15, 0.2) is 36.5 Å². The number of ether oxygens (including phenoxy) is 1. The van der Waals surface area contributed by atoms with Gasteiger partial charge in [0.1, 0.15) is 11.5 Å². The lowest BCUT2D eigenvalue weighted by Gasteiger charge is -2.35. The van der Waals surface area contributed by atoms with E-state index >= 15 is 0 Å². The molecule has 1 atom stereocenters. The van der Waals surface area contributed by atoms with E-state index in [0.29, 0.717) is 37.2 Å². The van der Waals surface area contributed by atoms with E-state index in [2.05, 4.69) is 0 Å². The Morgan fingerprint density at radius 3 is 2.71 bits per heavy atom. The van der Waals surface area contributed by atoms with E-state index in [1.165, 1.54) is 24.1 Å². The fourth-order valence-electron chi connectivity index (χ4n) is 3.72. The molecule has 0 fully saturated rings. The van der Waals surface area contributed by atoms with Crippen LogP contribution in [-0.2, 0) is 16.1 Å². The van der Waals surface area contributed by atoms with Gasteiger partial charge in [-0.1, -0.05) is 18.2 Å². The van der Waals surface area contributed by atoms with Crippen molar-refractivity contribution in [1.82, 2.24) is 9.47 Å². The first-order valence-corrected chi connectivity index (χ1v) is 10.0. The largest absolute Gasteiger partial charge is 0.494 e. The van der Waals surface area contributed by atoms with Crippen LogP contribution >= 0.6 is 0 Å². The smallest absolute Gasteiger partial charge is 0.305 e. The van der Waals surface area contributed by atoms with E-state index in [0.717, 1.165) is 5.56 Å². The van der Waals surface area contributed by atoms with Crippen molar-refractivity contribution in [2.75, 3.05) is 13.7 Å². The van der Waals surface area contributed by atoms with Gasteiger partial charge in [0, 0.05) is 25.7 Å². The number of methoxy groups -OCH3 is 1. The summed E-state index contributed by atoms with van der Waals surface area (Å²) in [6.07, 6.45) is 6.35. The number of fused-ring (bicyclic) bond motifs is 1. The molecule has 1 N–H and O–H groups in total. The summed E-state index contributed by atoms with van der Waals surface area (Å²) in [7, 11) is 1.35. The average molecular weight is 428 g/mol. The highest BCUT2D eigenvalue weighted by molar-refractivity contribution is 5.94. The molecule has 2 aromatic rings. The van der Waals surface area contributed by atoms with Crippen LogP contribution < -0.4 is 4.74 Å². The second kappa shape index (κ2) is 9.59. The minimum absolute atomic E-state index is 0.0536. The number of hydrogen-bond donors (Lipinski definition) is 1. The van der Waals surface area contributed by atoms with Gasteiger partial charge in [-0.25, -0.2) is 4.39 Å². The molecule has 8 heteroatoms. The van der Waals surface area contributed by atoms with Crippen LogP contribution in [0, 0.1) is 5.82 Å². The average Bonchev–Trinajstić information content (AvgIpc) is 3.14. The van der Waals surface area contributed by atoms with Crippen molar-refractivity contribution in [2.45, 2.75) is 38.8 Å². The van der Waals surface area contributed by atoms with E-state index in [1.807, 2.05) is 22.9 Å². The fourth-order valence-corrected chi connectivity index (χ4v) is 3.72. The summed E-state index contributed by atoms with van der Waals surface area (Å²) in [5.41, 5.74) is 1.68. The Kier molecular flexibility index (Phi) is 6.89. The monoisotopic (exact) mass is 428 g/mol. The Hall–Kier alpha value is -3.42. The number of rotatable bonds is 9. The molecule has 0 radical (unpaired) electrons. The van der Waals surface area contributed by atoms with Crippen LogP contribution in [-0.4, -0.2) is 45.9 Å². The van der Waals surface area contributed by atoms with E-state index in [4.69, 9.17) is 4.74 Å². The zero-order valence-electron chi connectivity index (χ0n) is 17.5. The quantitative estimate of drug-likeness (QED) is 0.658. The molecule has 1 amide bonds. The van der Waals surface area contributed by atoms with E-state index in [1.54, 1.807) is 19.1 Å². The Morgan fingerprint density at radius 1 is 1.29 bits per heavy atom. The van der Waals surface area contributed by atoms with E-state index in [9.17, 15) is 23.9 Å². The lowest BCUT2D eigenvalue weighted by molar-refractivity contribution is -0.138. The van der Waals surface area contributed by atoms with Crippen molar-refractivity contribution >= 4 is 23.7 Å². The number of amides is 1. The summed E-state index contributed by atoms with van der Waals surface area (Å²) in [6, 6.07) is 5.17. The van der Waals surface area contributed by atoms with Gasteiger partial charge < -0.3 is 24.1 Å². The third kappa shape index (κ3) is 5.20. The maximum Gasteiger partial charge on any atom is 0.305 e. The number of ketones is 1. The molecular weight excluding hydrogens is 403 g/mol. The molecule has 31 heavy (non-hydrogen) atoms. The molecule has 0 spiro atoms. The fraction of sp³-hybridized carbons (Fsp3) is 0.348. The van der Waals surface area contributed by atoms with E-state index in [-0.39, 0.29) is 23.9 Å². The number of hydrogen-bond acceptors (Lipinski definition) is 4. The molecular formula is C23H25FN2O5. The molecule has 164 valence electrons. The van der Waals surface area contributed by atoms with Crippen LogP contribution in [0.2, 0.25) is 0 Å². The summed E-state index contributed by atoms with van der Waals surface area (Å²) < 4.78 is 21.0.